The summed E-state index contributed by atoms with van der Waals surface area (Å²) >= 11 is 0. The Labute approximate surface area is 115 Å². The fourth-order valence-electron chi connectivity index (χ4n) is 1.51. The third-order valence-electron chi connectivity index (χ3n) is 2.54. The molecule has 0 saturated heterocycles. The molecule has 0 bridgehead atoms. The second kappa shape index (κ2) is 5.94. The molecule has 0 N–H and O–H groups in total. The molecule has 0 spiro atoms. The molecule has 0 aliphatic heterocycles. The molecule has 0 amide bonds. The molecule has 0 radical (unpaired) electrons. The van der Waals surface area contributed by atoms with Crippen molar-refractivity contribution in [1.29, 1.82) is 0 Å². The van der Waals surface area contributed by atoms with Crippen LogP contribution in [0, 0.1) is 5.82 Å². The molecule has 20 heavy (non-hydrogen) atoms. The maximum atomic E-state index is 12.7. The fourth-order valence-corrected chi connectivity index (χ4v) is 2.38. The van der Waals surface area contributed by atoms with E-state index in [4.69, 9.17) is 0 Å². The van der Waals surface area contributed by atoms with Crippen molar-refractivity contribution in [2.24, 2.45) is 0 Å². The van der Waals surface area contributed by atoms with Crippen molar-refractivity contribution in [3.05, 3.63) is 66.0 Å². The van der Waals surface area contributed by atoms with Crippen LogP contribution in [0.15, 0.2) is 59.5 Å². The molecule has 0 unspecified atom stereocenters. The van der Waals surface area contributed by atoms with Crippen LogP contribution in [0.25, 0.3) is 0 Å². The van der Waals surface area contributed by atoms with Gasteiger partial charge in [0.1, 0.15) is 12.4 Å². The van der Waals surface area contributed by atoms with Gasteiger partial charge in [-0.2, -0.15) is 8.42 Å². The van der Waals surface area contributed by atoms with E-state index in [0.29, 0.717) is 5.56 Å². The number of Topliss-reactive ketones (excluding diaryl/α,β-unsaturated/α-hetero) is 1. The first kappa shape index (κ1) is 14.4. The van der Waals surface area contributed by atoms with E-state index < -0.39 is 28.3 Å². The number of hydrogen-bond acceptors (Lipinski definition) is 4. The first-order valence-electron chi connectivity index (χ1n) is 5.72. The van der Waals surface area contributed by atoms with Gasteiger partial charge >= 0.3 is 0 Å². The zero-order valence-corrected chi connectivity index (χ0v) is 11.1. The van der Waals surface area contributed by atoms with Crippen molar-refractivity contribution in [2.45, 2.75) is 4.90 Å². The zero-order chi connectivity index (χ0) is 14.6. The topological polar surface area (TPSA) is 60.4 Å². The minimum Gasteiger partial charge on any atom is -0.291 e. The number of carbonyl (C=O) groups excluding carboxylic acids is 1. The molecule has 0 atom stereocenters. The molecular weight excluding hydrogens is 283 g/mol. The number of hydrogen-bond donors (Lipinski definition) is 0. The predicted octanol–water partition coefficient (Wildman–Crippen LogP) is 2.41. The Morgan fingerprint density at radius 2 is 1.60 bits per heavy atom. The molecule has 6 heteroatoms. The molecule has 2 aromatic rings. The number of halogens is 1. The lowest BCUT2D eigenvalue weighted by Crippen LogP contribution is -2.14. The van der Waals surface area contributed by atoms with E-state index in [-0.39, 0.29) is 4.90 Å². The summed E-state index contributed by atoms with van der Waals surface area (Å²) < 4.78 is 41.0. The quantitative estimate of drug-likeness (QED) is 0.627. The van der Waals surface area contributed by atoms with Gasteiger partial charge in [-0.15, -0.1) is 0 Å². The van der Waals surface area contributed by atoms with Crippen molar-refractivity contribution in [3.8, 4) is 0 Å². The highest BCUT2D eigenvalue weighted by Gasteiger charge is 2.17. The lowest BCUT2D eigenvalue weighted by Gasteiger charge is -2.05. The van der Waals surface area contributed by atoms with Crippen LogP contribution in [0.2, 0.25) is 0 Å². The summed E-state index contributed by atoms with van der Waals surface area (Å²) in [6.45, 7) is -0.594. The minimum atomic E-state index is -4.07. The average molecular weight is 294 g/mol. The standard InChI is InChI=1S/C14H11FO4S/c15-12-6-8-13(9-7-12)20(17,18)19-10-14(16)11-4-2-1-3-5-11/h1-9H,10H2. The van der Waals surface area contributed by atoms with Gasteiger partial charge in [-0.3, -0.25) is 8.98 Å². The van der Waals surface area contributed by atoms with Crippen molar-refractivity contribution < 1.29 is 21.8 Å². The van der Waals surface area contributed by atoms with Gasteiger partial charge in [0.2, 0.25) is 0 Å². The van der Waals surface area contributed by atoms with E-state index in [1.807, 2.05) is 0 Å². The number of rotatable bonds is 5. The first-order valence-corrected chi connectivity index (χ1v) is 7.13. The molecule has 2 rings (SSSR count). The summed E-state index contributed by atoms with van der Waals surface area (Å²) in [6.07, 6.45) is 0. The second-order valence-electron chi connectivity index (χ2n) is 3.96. The van der Waals surface area contributed by atoms with Gasteiger partial charge in [-0.25, -0.2) is 4.39 Å². The van der Waals surface area contributed by atoms with E-state index in [9.17, 15) is 17.6 Å². The Balaban J connectivity index is 2.06. The van der Waals surface area contributed by atoms with Gasteiger partial charge in [0.15, 0.2) is 5.78 Å². The summed E-state index contributed by atoms with van der Waals surface area (Å²) in [4.78, 5) is 11.5. The van der Waals surface area contributed by atoms with Crippen molar-refractivity contribution in [2.75, 3.05) is 6.61 Å². The Morgan fingerprint density at radius 3 is 2.20 bits per heavy atom. The van der Waals surface area contributed by atoms with Crippen LogP contribution >= 0.6 is 0 Å². The zero-order valence-electron chi connectivity index (χ0n) is 10.3. The predicted molar refractivity (Wildman–Crippen MR) is 70.3 cm³/mol. The van der Waals surface area contributed by atoms with Gasteiger partial charge in [-0.1, -0.05) is 30.3 Å². The van der Waals surface area contributed by atoms with Crippen LogP contribution in [0.3, 0.4) is 0 Å². The van der Waals surface area contributed by atoms with E-state index in [1.165, 1.54) is 0 Å². The molecule has 0 fully saturated rings. The molecule has 104 valence electrons. The summed E-state index contributed by atoms with van der Waals surface area (Å²) in [7, 11) is -4.07. The summed E-state index contributed by atoms with van der Waals surface area (Å²) in [6, 6.07) is 12.4. The Morgan fingerprint density at radius 1 is 1.00 bits per heavy atom. The summed E-state index contributed by atoms with van der Waals surface area (Å²) in [5.41, 5.74) is 0.363. The maximum Gasteiger partial charge on any atom is 0.297 e. The fraction of sp³-hybridized carbons (Fsp3) is 0.0714. The highest BCUT2D eigenvalue weighted by atomic mass is 32.2. The first-order chi connectivity index (χ1) is 9.49. The van der Waals surface area contributed by atoms with Crippen LogP contribution in [0.5, 0.6) is 0 Å². The van der Waals surface area contributed by atoms with Gasteiger partial charge in [0.25, 0.3) is 10.1 Å². The van der Waals surface area contributed by atoms with Crippen molar-refractivity contribution in [1.82, 2.24) is 0 Å². The molecule has 0 aliphatic carbocycles. The molecule has 4 nitrogen and oxygen atoms in total. The van der Waals surface area contributed by atoms with E-state index in [1.54, 1.807) is 30.3 Å². The van der Waals surface area contributed by atoms with Crippen LogP contribution in [-0.4, -0.2) is 20.8 Å². The van der Waals surface area contributed by atoms with Crippen LogP contribution in [0.1, 0.15) is 10.4 Å². The number of carbonyl (C=O) groups is 1. The molecule has 0 heterocycles. The summed E-state index contributed by atoms with van der Waals surface area (Å²) in [5.74, 6) is -0.999. The molecule has 0 aliphatic rings. The van der Waals surface area contributed by atoms with Gasteiger partial charge in [0.05, 0.1) is 4.90 Å². The Bertz CT molecular complexity index is 694. The van der Waals surface area contributed by atoms with E-state index >= 15 is 0 Å². The third kappa shape index (κ3) is 3.49. The normalized spacial score (nSPS) is 11.2. The third-order valence-corrected chi connectivity index (χ3v) is 3.82. The van der Waals surface area contributed by atoms with Crippen molar-refractivity contribution in [3.63, 3.8) is 0 Å². The summed E-state index contributed by atoms with van der Waals surface area (Å²) in [5, 5.41) is 0. The number of benzene rings is 2. The van der Waals surface area contributed by atoms with Gasteiger partial charge in [0, 0.05) is 5.56 Å². The Kier molecular flexibility index (Phi) is 4.26. The average Bonchev–Trinajstić information content (AvgIpc) is 2.46. The SMILES string of the molecule is O=C(COS(=O)(=O)c1ccc(F)cc1)c1ccccc1. The second-order valence-corrected chi connectivity index (χ2v) is 5.57. The lowest BCUT2D eigenvalue weighted by atomic mass is 10.1. The van der Waals surface area contributed by atoms with Crippen LogP contribution in [-0.2, 0) is 14.3 Å². The van der Waals surface area contributed by atoms with Gasteiger partial charge in [-0.05, 0) is 24.3 Å². The monoisotopic (exact) mass is 294 g/mol. The van der Waals surface area contributed by atoms with Crippen LogP contribution < -0.4 is 0 Å². The van der Waals surface area contributed by atoms with Gasteiger partial charge < -0.3 is 0 Å². The molecule has 2 aromatic carbocycles. The smallest absolute Gasteiger partial charge is 0.291 e. The largest absolute Gasteiger partial charge is 0.297 e. The molecule has 0 saturated carbocycles. The molecular formula is C14H11FO4S. The minimum absolute atomic E-state index is 0.195. The van der Waals surface area contributed by atoms with Crippen LogP contribution in [0.4, 0.5) is 4.39 Å². The Hall–Kier alpha value is -2.05. The van der Waals surface area contributed by atoms with E-state index in [0.717, 1.165) is 24.3 Å². The number of ketones is 1. The molecule has 0 aromatic heterocycles. The lowest BCUT2D eigenvalue weighted by molar-refractivity contribution is 0.0924. The highest BCUT2D eigenvalue weighted by Crippen LogP contribution is 2.13. The van der Waals surface area contributed by atoms with E-state index in [2.05, 4.69) is 4.18 Å². The maximum absolute atomic E-state index is 12.7. The van der Waals surface area contributed by atoms with Crippen molar-refractivity contribution >= 4 is 15.9 Å². The highest BCUT2D eigenvalue weighted by molar-refractivity contribution is 7.86.